The van der Waals surface area contributed by atoms with Crippen molar-refractivity contribution in [3.63, 3.8) is 0 Å². The van der Waals surface area contributed by atoms with Crippen molar-refractivity contribution in [1.82, 2.24) is 19.3 Å². The zero-order valence-electron chi connectivity index (χ0n) is 13.5. The molecule has 0 unspecified atom stereocenters. The van der Waals surface area contributed by atoms with Gasteiger partial charge in [-0.2, -0.15) is 0 Å². The first-order valence-electron chi connectivity index (χ1n) is 7.55. The number of hydrogen-bond acceptors (Lipinski definition) is 5. The molecule has 8 heteroatoms. The highest BCUT2D eigenvalue weighted by Gasteiger charge is 2.26. The van der Waals surface area contributed by atoms with Crippen LogP contribution in [0.3, 0.4) is 0 Å². The van der Waals surface area contributed by atoms with E-state index in [9.17, 15) is 4.79 Å². The van der Waals surface area contributed by atoms with Crippen LogP contribution in [0.15, 0.2) is 18.6 Å². The van der Waals surface area contributed by atoms with Crippen molar-refractivity contribution in [1.29, 1.82) is 0 Å². The predicted molar refractivity (Wildman–Crippen MR) is 88.0 cm³/mol. The summed E-state index contributed by atoms with van der Waals surface area (Å²) in [5.41, 5.74) is 0.276. The van der Waals surface area contributed by atoms with Crippen molar-refractivity contribution in [2.24, 2.45) is 0 Å². The number of piperazine rings is 1. The summed E-state index contributed by atoms with van der Waals surface area (Å²) < 4.78 is 7.33. The van der Waals surface area contributed by atoms with Crippen LogP contribution in [0.5, 0.6) is 0 Å². The summed E-state index contributed by atoms with van der Waals surface area (Å²) in [6, 6.07) is 0. The fourth-order valence-corrected chi connectivity index (χ4v) is 2.68. The van der Waals surface area contributed by atoms with Crippen LogP contribution in [-0.2, 0) is 4.74 Å². The maximum Gasteiger partial charge on any atom is 0.410 e. The summed E-state index contributed by atoms with van der Waals surface area (Å²) in [4.78, 5) is 24.4. The molecular formula is C15H20ClN5O2. The summed E-state index contributed by atoms with van der Waals surface area (Å²) in [6.45, 7) is 8.27. The molecule has 2 aromatic rings. The maximum absolute atomic E-state index is 12.1. The summed E-state index contributed by atoms with van der Waals surface area (Å²) >= 11 is 5.97. The molecule has 0 aromatic carbocycles. The molecule has 0 spiro atoms. The lowest BCUT2D eigenvalue weighted by Gasteiger charge is -2.36. The van der Waals surface area contributed by atoms with Crippen LogP contribution in [0, 0.1) is 0 Å². The molecule has 7 nitrogen and oxygen atoms in total. The van der Waals surface area contributed by atoms with Crippen LogP contribution in [0.2, 0.25) is 5.15 Å². The zero-order chi connectivity index (χ0) is 16.6. The van der Waals surface area contributed by atoms with E-state index in [1.54, 1.807) is 23.5 Å². The van der Waals surface area contributed by atoms with E-state index >= 15 is 0 Å². The number of anilines is 1. The van der Waals surface area contributed by atoms with Crippen LogP contribution in [0.4, 0.5) is 10.6 Å². The van der Waals surface area contributed by atoms with Gasteiger partial charge in [-0.3, -0.25) is 4.40 Å². The van der Waals surface area contributed by atoms with Crippen molar-refractivity contribution in [3.05, 3.63) is 23.7 Å². The lowest BCUT2D eigenvalue weighted by molar-refractivity contribution is 0.0240. The fourth-order valence-electron chi connectivity index (χ4n) is 2.53. The van der Waals surface area contributed by atoms with Gasteiger partial charge < -0.3 is 14.5 Å². The van der Waals surface area contributed by atoms with Gasteiger partial charge in [0.1, 0.15) is 16.6 Å². The van der Waals surface area contributed by atoms with Gasteiger partial charge in [-0.1, -0.05) is 11.6 Å². The molecule has 2 aromatic heterocycles. The molecule has 1 saturated heterocycles. The van der Waals surface area contributed by atoms with E-state index in [-0.39, 0.29) is 6.09 Å². The van der Waals surface area contributed by atoms with Gasteiger partial charge in [0.05, 0.1) is 12.4 Å². The molecule has 0 saturated carbocycles. The first kappa shape index (κ1) is 15.9. The van der Waals surface area contributed by atoms with Gasteiger partial charge in [0.15, 0.2) is 5.65 Å². The number of imidazole rings is 1. The first-order chi connectivity index (χ1) is 10.8. The van der Waals surface area contributed by atoms with Crippen LogP contribution in [-0.4, -0.2) is 57.1 Å². The number of rotatable bonds is 1. The van der Waals surface area contributed by atoms with Gasteiger partial charge in [-0.05, 0) is 20.8 Å². The minimum atomic E-state index is -0.473. The molecule has 0 bridgehead atoms. The molecule has 3 rings (SSSR count). The Morgan fingerprint density at radius 2 is 1.87 bits per heavy atom. The maximum atomic E-state index is 12.1. The topological polar surface area (TPSA) is 63.0 Å². The van der Waals surface area contributed by atoms with Crippen LogP contribution >= 0.6 is 11.6 Å². The molecule has 1 aliphatic heterocycles. The van der Waals surface area contributed by atoms with Gasteiger partial charge in [0.2, 0.25) is 0 Å². The molecule has 1 aliphatic rings. The molecule has 0 atom stereocenters. The van der Waals surface area contributed by atoms with E-state index < -0.39 is 5.60 Å². The van der Waals surface area contributed by atoms with Gasteiger partial charge >= 0.3 is 6.09 Å². The van der Waals surface area contributed by atoms with Gasteiger partial charge in [0.25, 0.3) is 0 Å². The van der Waals surface area contributed by atoms with Crippen molar-refractivity contribution < 1.29 is 9.53 Å². The standard InChI is InChI=1S/C15H20ClN5O2/c1-15(2,3)23-14(22)20-6-4-19(5-7-20)13-9-18-12-8-17-11(16)10-21(12)13/h8-10H,4-7H2,1-3H3. The van der Waals surface area contributed by atoms with E-state index in [1.807, 2.05) is 25.2 Å². The average molecular weight is 338 g/mol. The zero-order valence-corrected chi connectivity index (χ0v) is 14.2. The summed E-state index contributed by atoms with van der Waals surface area (Å²) in [7, 11) is 0. The lowest BCUT2D eigenvalue weighted by atomic mass is 10.2. The monoisotopic (exact) mass is 337 g/mol. The summed E-state index contributed by atoms with van der Waals surface area (Å²) in [5.74, 6) is 0.952. The number of halogens is 1. The van der Waals surface area contributed by atoms with E-state index in [0.717, 1.165) is 11.5 Å². The Morgan fingerprint density at radius 3 is 2.52 bits per heavy atom. The Bertz CT molecular complexity index is 716. The van der Waals surface area contributed by atoms with Crippen molar-refractivity contribution >= 4 is 29.2 Å². The molecule has 124 valence electrons. The fraction of sp³-hybridized carbons (Fsp3) is 0.533. The minimum Gasteiger partial charge on any atom is -0.444 e. The third-order valence-electron chi connectivity index (χ3n) is 3.60. The largest absolute Gasteiger partial charge is 0.444 e. The highest BCUT2D eigenvalue weighted by Crippen LogP contribution is 2.20. The third-order valence-corrected chi connectivity index (χ3v) is 3.80. The first-order valence-corrected chi connectivity index (χ1v) is 7.93. The third kappa shape index (κ3) is 3.50. The summed E-state index contributed by atoms with van der Waals surface area (Å²) in [6.07, 6.45) is 4.93. The molecule has 3 heterocycles. The van der Waals surface area contributed by atoms with Crippen molar-refractivity contribution in [2.45, 2.75) is 26.4 Å². The van der Waals surface area contributed by atoms with Gasteiger partial charge in [-0.25, -0.2) is 14.8 Å². The smallest absolute Gasteiger partial charge is 0.410 e. The predicted octanol–water partition coefficient (Wildman–Crippen LogP) is 2.44. The van der Waals surface area contributed by atoms with E-state index in [1.165, 1.54) is 0 Å². The van der Waals surface area contributed by atoms with Crippen LogP contribution in [0.25, 0.3) is 5.65 Å². The molecule has 0 aliphatic carbocycles. The Labute approximate surface area is 139 Å². The normalized spacial score (nSPS) is 16.0. The van der Waals surface area contributed by atoms with Crippen molar-refractivity contribution in [2.75, 3.05) is 31.1 Å². The Morgan fingerprint density at radius 1 is 1.17 bits per heavy atom. The second kappa shape index (κ2) is 5.88. The molecule has 0 radical (unpaired) electrons. The number of amides is 1. The minimum absolute atomic E-state index is 0.262. The molecule has 1 fully saturated rings. The second-order valence-corrected chi connectivity index (χ2v) is 6.90. The highest BCUT2D eigenvalue weighted by atomic mass is 35.5. The van der Waals surface area contributed by atoms with E-state index in [2.05, 4.69) is 14.9 Å². The Kier molecular flexibility index (Phi) is 4.06. The number of ether oxygens (including phenoxy) is 1. The summed E-state index contributed by atoms with van der Waals surface area (Å²) in [5, 5.41) is 0.421. The average Bonchev–Trinajstić information content (AvgIpc) is 2.88. The number of carbonyl (C=O) groups is 1. The number of fused-ring (bicyclic) bond motifs is 1. The Hall–Kier alpha value is -2.02. The second-order valence-electron chi connectivity index (χ2n) is 6.51. The Balaban J connectivity index is 1.69. The number of nitrogens with zero attached hydrogens (tertiary/aromatic N) is 5. The number of hydrogen-bond donors (Lipinski definition) is 0. The molecular weight excluding hydrogens is 318 g/mol. The quantitative estimate of drug-likeness (QED) is 0.799. The van der Waals surface area contributed by atoms with Crippen LogP contribution < -0.4 is 4.90 Å². The molecule has 0 N–H and O–H groups in total. The van der Waals surface area contributed by atoms with Gasteiger partial charge in [-0.15, -0.1) is 0 Å². The highest BCUT2D eigenvalue weighted by molar-refractivity contribution is 6.29. The van der Waals surface area contributed by atoms with E-state index in [0.29, 0.717) is 31.3 Å². The molecule has 23 heavy (non-hydrogen) atoms. The SMILES string of the molecule is CC(C)(C)OC(=O)N1CCN(c2cnc3cnc(Cl)cn23)CC1. The van der Waals surface area contributed by atoms with E-state index in [4.69, 9.17) is 16.3 Å². The van der Waals surface area contributed by atoms with Gasteiger partial charge in [0, 0.05) is 32.4 Å². The van der Waals surface area contributed by atoms with Crippen LogP contribution in [0.1, 0.15) is 20.8 Å². The number of aromatic nitrogens is 3. The lowest BCUT2D eigenvalue weighted by Crippen LogP contribution is -2.50. The number of carbonyl (C=O) groups excluding carboxylic acids is 1. The molecule has 1 amide bonds. The van der Waals surface area contributed by atoms with Crippen molar-refractivity contribution in [3.8, 4) is 0 Å².